The molecule has 0 aliphatic heterocycles. The quantitative estimate of drug-likeness (QED) is 0.560. The highest BCUT2D eigenvalue weighted by molar-refractivity contribution is 6.30. The average molecular weight is 394 g/mol. The van der Waals surface area contributed by atoms with Gasteiger partial charge >= 0.3 is 5.69 Å². The summed E-state index contributed by atoms with van der Waals surface area (Å²) in [6.07, 6.45) is 1.69. The first kappa shape index (κ1) is 17.9. The zero-order valence-electron chi connectivity index (χ0n) is 15.0. The first-order chi connectivity index (χ1) is 13.6. The van der Waals surface area contributed by atoms with Gasteiger partial charge in [-0.25, -0.2) is 14.9 Å². The standard InChI is InChI=1S/C20H16ClN5O2/c1-13-3-2-4-18(26-20(27)23-24-25-26)17(13)12-28-19-11-15(9-10-22-19)14-5-7-16(21)8-6-14/h2-11H,12H2,1H3,(H,23,25,27). The molecule has 2 aromatic carbocycles. The van der Waals surface area contributed by atoms with Gasteiger partial charge in [0.05, 0.1) is 5.69 Å². The van der Waals surface area contributed by atoms with Crippen molar-refractivity contribution in [2.24, 2.45) is 0 Å². The number of ether oxygens (including phenoxy) is 1. The zero-order valence-corrected chi connectivity index (χ0v) is 15.7. The van der Waals surface area contributed by atoms with Gasteiger partial charge in [0.2, 0.25) is 5.88 Å². The molecule has 0 spiro atoms. The van der Waals surface area contributed by atoms with Crippen LogP contribution in [0, 0.1) is 6.92 Å². The second kappa shape index (κ2) is 7.66. The van der Waals surface area contributed by atoms with Crippen molar-refractivity contribution in [1.82, 2.24) is 25.2 Å². The predicted octanol–water partition coefficient (Wildman–Crippen LogP) is 3.56. The fraction of sp³-hybridized carbons (Fsp3) is 0.100. The van der Waals surface area contributed by atoms with Crippen LogP contribution in [0.5, 0.6) is 5.88 Å². The number of nitrogens with one attached hydrogen (secondary N) is 1. The summed E-state index contributed by atoms with van der Waals surface area (Å²) in [4.78, 5) is 16.2. The van der Waals surface area contributed by atoms with Crippen molar-refractivity contribution in [3.8, 4) is 22.7 Å². The maximum absolute atomic E-state index is 11.9. The monoisotopic (exact) mass is 393 g/mol. The molecule has 0 saturated carbocycles. The van der Waals surface area contributed by atoms with E-state index in [1.54, 1.807) is 12.3 Å². The molecule has 0 fully saturated rings. The lowest BCUT2D eigenvalue weighted by molar-refractivity contribution is 0.292. The summed E-state index contributed by atoms with van der Waals surface area (Å²) < 4.78 is 7.14. The Morgan fingerprint density at radius 1 is 1.11 bits per heavy atom. The number of hydrogen-bond acceptors (Lipinski definition) is 5. The van der Waals surface area contributed by atoms with Gasteiger partial charge < -0.3 is 4.74 Å². The Bertz CT molecular complexity index is 1170. The summed E-state index contributed by atoms with van der Waals surface area (Å²) in [6, 6.07) is 16.9. The van der Waals surface area contributed by atoms with Crippen molar-refractivity contribution >= 4 is 11.6 Å². The molecule has 4 aromatic rings. The lowest BCUT2D eigenvalue weighted by atomic mass is 10.1. The van der Waals surface area contributed by atoms with Crippen molar-refractivity contribution in [3.63, 3.8) is 0 Å². The third-order valence-corrected chi connectivity index (χ3v) is 4.61. The lowest BCUT2D eigenvalue weighted by Gasteiger charge is -2.13. The van der Waals surface area contributed by atoms with Gasteiger partial charge in [0, 0.05) is 22.8 Å². The Kier molecular flexibility index (Phi) is 4.90. The van der Waals surface area contributed by atoms with Gasteiger partial charge in [-0.3, -0.25) is 0 Å². The molecule has 1 N–H and O–H groups in total. The number of aryl methyl sites for hydroxylation is 1. The van der Waals surface area contributed by atoms with Crippen LogP contribution in [0.3, 0.4) is 0 Å². The van der Waals surface area contributed by atoms with Gasteiger partial charge in [0.15, 0.2) is 0 Å². The molecule has 8 heteroatoms. The number of benzene rings is 2. The first-order valence-corrected chi connectivity index (χ1v) is 8.93. The number of nitrogens with zero attached hydrogens (tertiary/aromatic N) is 4. The SMILES string of the molecule is Cc1cccc(-n2nn[nH]c2=O)c1COc1cc(-c2ccc(Cl)cc2)ccn1. The van der Waals surface area contributed by atoms with E-state index in [4.69, 9.17) is 16.3 Å². The Hall–Kier alpha value is -3.45. The maximum atomic E-state index is 11.9. The molecule has 7 nitrogen and oxygen atoms in total. The van der Waals surface area contributed by atoms with Crippen molar-refractivity contribution in [2.75, 3.05) is 0 Å². The molecule has 0 amide bonds. The second-order valence-electron chi connectivity index (χ2n) is 6.17. The van der Waals surface area contributed by atoms with Crippen LogP contribution in [0.1, 0.15) is 11.1 Å². The normalized spacial score (nSPS) is 10.8. The molecule has 0 radical (unpaired) electrons. The van der Waals surface area contributed by atoms with E-state index < -0.39 is 5.69 Å². The summed E-state index contributed by atoms with van der Waals surface area (Å²) in [5.74, 6) is 0.481. The van der Waals surface area contributed by atoms with Crippen LogP contribution in [-0.2, 0) is 6.61 Å². The number of tetrazole rings is 1. The predicted molar refractivity (Wildman–Crippen MR) is 106 cm³/mol. The van der Waals surface area contributed by atoms with Crippen LogP contribution in [0.2, 0.25) is 5.02 Å². The third kappa shape index (κ3) is 3.65. The van der Waals surface area contributed by atoms with Crippen molar-refractivity contribution < 1.29 is 4.74 Å². The molecule has 2 heterocycles. The Balaban J connectivity index is 1.61. The van der Waals surface area contributed by atoms with Crippen LogP contribution < -0.4 is 10.4 Å². The summed E-state index contributed by atoms with van der Waals surface area (Å²) in [6.45, 7) is 2.18. The van der Waals surface area contributed by atoms with Gasteiger partial charge in [0.1, 0.15) is 6.61 Å². The number of hydrogen-bond donors (Lipinski definition) is 1. The number of H-pyrrole nitrogens is 1. The molecule has 2 aromatic heterocycles. The van der Waals surface area contributed by atoms with E-state index in [-0.39, 0.29) is 6.61 Å². The summed E-state index contributed by atoms with van der Waals surface area (Å²) >= 11 is 5.96. The van der Waals surface area contributed by atoms with Gasteiger partial charge in [-0.1, -0.05) is 35.9 Å². The minimum absolute atomic E-state index is 0.235. The van der Waals surface area contributed by atoms with E-state index in [9.17, 15) is 4.79 Å². The average Bonchev–Trinajstić information content (AvgIpc) is 3.13. The number of halogens is 1. The molecule has 0 aliphatic carbocycles. The van der Waals surface area contributed by atoms with E-state index in [2.05, 4.69) is 20.5 Å². The topological polar surface area (TPSA) is 85.7 Å². The molecule has 0 aliphatic rings. The number of pyridine rings is 1. The smallest absolute Gasteiger partial charge is 0.365 e. The summed E-state index contributed by atoms with van der Waals surface area (Å²) in [5.41, 5.74) is 4.00. The van der Waals surface area contributed by atoms with Crippen LogP contribution in [0.25, 0.3) is 16.8 Å². The molecule has 28 heavy (non-hydrogen) atoms. The molecular weight excluding hydrogens is 378 g/mol. The van der Waals surface area contributed by atoms with Crippen LogP contribution >= 0.6 is 11.6 Å². The number of rotatable bonds is 5. The van der Waals surface area contributed by atoms with E-state index in [1.807, 2.05) is 55.5 Å². The van der Waals surface area contributed by atoms with E-state index in [1.165, 1.54) is 4.68 Å². The minimum Gasteiger partial charge on any atom is -0.473 e. The van der Waals surface area contributed by atoms with Gasteiger partial charge in [-0.05, 0) is 58.3 Å². The molecular formula is C20H16ClN5O2. The Morgan fingerprint density at radius 2 is 1.93 bits per heavy atom. The third-order valence-electron chi connectivity index (χ3n) is 4.36. The van der Waals surface area contributed by atoms with E-state index in [0.29, 0.717) is 16.6 Å². The highest BCUT2D eigenvalue weighted by atomic mass is 35.5. The molecule has 4 rings (SSSR count). The fourth-order valence-corrected chi connectivity index (χ4v) is 3.01. The summed E-state index contributed by atoms with van der Waals surface area (Å²) in [7, 11) is 0. The number of aromatic amines is 1. The van der Waals surface area contributed by atoms with Crippen molar-refractivity contribution in [3.05, 3.63) is 87.4 Å². The number of aromatic nitrogens is 5. The molecule has 0 saturated heterocycles. The van der Waals surface area contributed by atoms with Crippen molar-refractivity contribution in [1.29, 1.82) is 0 Å². The highest BCUT2D eigenvalue weighted by Gasteiger charge is 2.12. The van der Waals surface area contributed by atoms with Crippen LogP contribution in [0.4, 0.5) is 0 Å². The molecule has 0 atom stereocenters. The highest BCUT2D eigenvalue weighted by Crippen LogP contribution is 2.25. The van der Waals surface area contributed by atoms with Gasteiger partial charge in [-0.2, -0.15) is 4.68 Å². The zero-order chi connectivity index (χ0) is 19.5. The Morgan fingerprint density at radius 3 is 2.68 bits per heavy atom. The lowest BCUT2D eigenvalue weighted by Crippen LogP contribution is -2.18. The summed E-state index contributed by atoms with van der Waals surface area (Å²) in [5, 5.41) is 10.4. The minimum atomic E-state index is -0.408. The van der Waals surface area contributed by atoms with E-state index in [0.717, 1.165) is 22.3 Å². The fourth-order valence-electron chi connectivity index (χ4n) is 2.88. The molecule has 0 unspecified atom stereocenters. The maximum Gasteiger partial charge on any atom is 0.365 e. The molecule has 0 bridgehead atoms. The van der Waals surface area contributed by atoms with Crippen LogP contribution in [0.15, 0.2) is 65.6 Å². The molecule has 140 valence electrons. The van der Waals surface area contributed by atoms with E-state index >= 15 is 0 Å². The van der Waals surface area contributed by atoms with Crippen molar-refractivity contribution in [2.45, 2.75) is 13.5 Å². The largest absolute Gasteiger partial charge is 0.473 e. The van der Waals surface area contributed by atoms with Gasteiger partial charge in [0.25, 0.3) is 0 Å². The second-order valence-corrected chi connectivity index (χ2v) is 6.61. The van der Waals surface area contributed by atoms with Gasteiger partial charge in [-0.15, -0.1) is 0 Å². The first-order valence-electron chi connectivity index (χ1n) is 8.56. The van der Waals surface area contributed by atoms with Crippen LogP contribution in [-0.4, -0.2) is 25.2 Å². The Labute approximate surface area is 165 Å².